The second kappa shape index (κ2) is 8.07. The molecule has 2 aromatic heterocycles. The lowest BCUT2D eigenvalue weighted by Gasteiger charge is -2.33. The third kappa shape index (κ3) is 4.56. The molecule has 0 bridgehead atoms. The van der Waals surface area contributed by atoms with Crippen molar-refractivity contribution in [1.82, 2.24) is 24.4 Å². The molecule has 1 aliphatic heterocycles. The molecule has 11 heteroatoms. The summed E-state index contributed by atoms with van der Waals surface area (Å²) in [5.74, 6) is 1.40. The average Bonchev–Trinajstić information content (AvgIpc) is 3.38. The predicted octanol–water partition coefficient (Wildman–Crippen LogP) is 3.49. The molecule has 0 N–H and O–H groups in total. The minimum Gasteiger partial charge on any atom is -0.344 e. The van der Waals surface area contributed by atoms with Crippen molar-refractivity contribution in [2.75, 3.05) is 31.1 Å². The Kier molecular flexibility index (Phi) is 5.50. The van der Waals surface area contributed by atoms with Crippen LogP contribution in [0, 0.1) is 0 Å². The molecule has 1 saturated heterocycles. The highest BCUT2D eigenvalue weighted by atomic mass is 32.1. The summed E-state index contributed by atoms with van der Waals surface area (Å²) in [5, 5.41) is 4.78. The van der Waals surface area contributed by atoms with Gasteiger partial charge in [0.05, 0.1) is 12.1 Å². The number of nitrogens with zero attached hydrogens (tertiary/aromatic N) is 6. The van der Waals surface area contributed by atoms with E-state index < -0.39 is 11.7 Å². The van der Waals surface area contributed by atoms with Gasteiger partial charge in [-0.05, 0) is 12.1 Å². The number of halogens is 3. The van der Waals surface area contributed by atoms with Crippen molar-refractivity contribution >= 4 is 16.7 Å². The van der Waals surface area contributed by atoms with Crippen LogP contribution >= 0.6 is 11.5 Å². The van der Waals surface area contributed by atoms with Crippen molar-refractivity contribution in [2.24, 2.45) is 0 Å². The van der Waals surface area contributed by atoms with Gasteiger partial charge in [0.15, 0.2) is 0 Å². The van der Waals surface area contributed by atoms with Gasteiger partial charge >= 0.3 is 6.18 Å². The Bertz CT molecular complexity index is 964. The smallest absolute Gasteiger partial charge is 0.344 e. The fourth-order valence-corrected chi connectivity index (χ4v) is 3.88. The Labute approximate surface area is 169 Å². The maximum absolute atomic E-state index is 12.9. The molecule has 1 aromatic carbocycles. The van der Waals surface area contributed by atoms with Crippen LogP contribution < -0.4 is 4.90 Å². The van der Waals surface area contributed by atoms with Gasteiger partial charge in [0.2, 0.25) is 16.8 Å². The highest BCUT2D eigenvalue weighted by Gasteiger charge is 2.31. The van der Waals surface area contributed by atoms with Crippen molar-refractivity contribution < 1.29 is 17.7 Å². The first-order chi connectivity index (χ1) is 13.9. The van der Waals surface area contributed by atoms with E-state index in [1.54, 1.807) is 0 Å². The van der Waals surface area contributed by atoms with Crippen LogP contribution in [0.3, 0.4) is 0 Å². The summed E-state index contributed by atoms with van der Waals surface area (Å²) in [5.41, 5.74) is -0.456. The summed E-state index contributed by atoms with van der Waals surface area (Å²) in [6.45, 7) is 5.70. The molecule has 0 atom stereocenters. The van der Waals surface area contributed by atoms with E-state index in [0.717, 1.165) is 55.7 Å². The molecule has 0 spiro atoms. The van der Waals surface area contributed by atoms with Crippen LogP contribution in [0.15, 0.2) is 28.8 Å². The number of anilines is 1. The van der Waals surface area contributed by atoms with Crippen LogP contribution in [0.1, 0.15) is 24.2 Å². The number of aryl methyl sites for hydroxylation is 1. The quantitative estimate of drug-likeness (QED) is 0.621. The topological polar surface area (TPSA) is 71.2 Å². The Balaban J connectivity index is 1.37. The van der Waals surface area contributed by atoms with Crippen LogP contribution in [0.5, 0.6) is 0 Å². The Hall–Kier alpha value is -2.53. The SMILES string of the molecule is CCc1nsc(N2CCN(Cc3nc(-c4cccc(C(F)(F)F)c4)no3)CC2)n1. The summed E-state index contributed by atoms with van der Waals surface area (Å²) in [6, 6.07) is 4.92. The second-order valence-corrected chi connectivity index (χ2v) is 7.43. The van der Waals surface area contributed by atoms with E-state index in [1.807, 2.05) is 6.92 Å². The van der Waals surface area contributed by atoms with Crippen molar-refractivity contribution in [3.05, 3.63) is 41.5 Å². The van der Waals surface area contributed by atoms with Crippen molar-refractivity contribution in [2.45, 2.75) is 26.1 Å². The minimum atomic E-state index is -4.41. The predicted molar refractivity (Wildman–Crippen MR) is 102 cm³/mol. The molecule has 154 valence electrons. The standard InChI is InChI=1S/C18H19F3N6OS/c1-2-14-22-17(29-25-14)27-8-6-26(7-9-27)11-15-23-16(24-28-15)12-4-3-5-13(10-12)18(19,20)21/h3-5,10H,2,6-9,11H2,1H3. The van der Waals surface area contributed by atoms with Crippen molar-refractivity contribution in [1.29, 1.82) is 0 Å². The van der Waals surface area contributed by atoms with Crippen LogP contribution in [0.25, 0.3) is 11.4 Å². The molecular formula is C18H19F3N6OS. The molecule has 4 rings (SSSR count). The molecule has 1 aliphatic rings. The molecule has 0 saturated carbocycles. The lowest BCUT2D eigenvalue weighted by Crippen LogP contribution is -2.46. The number of benzene rings is 1. The van der Waals surface area contributed by atoms with Crippen molar-refractivity contribution in [3.63, 3.8) is 0 Å². The monoisotopic (exact) mass is 424 g/mol. The number of piperazine rings is 1. The number of rotatable bonds is 5. The fraction of sp³-hybridized carbons (Fsp3) is 0.444. The Morgan fingerprint density at radius 2 is 1.93 bits per heavy atom. The summed E-state index contributed by atoms with van der Waals surface area (Å²) >= 11 is 1.41. The number of alkyl halides is 3. The molecule has 7 nitrogen and oxygen atoms in total. The van der Waals surface area contributed by atoms with Crippen LogP contribution in [0.4, 0.5) is 18.3 Å². The molecular weight excluding hydrogens is 405 g/mol. The first-order valence-electron chi connectivity index (χ1n) is 9.22. The van der Waals surface area contributed by atoms with E-state index in [0.29, 0.717) is 12.4 Å². The largest absolute Gasteiger partial charge is 0.416 e. The van der Waals surface area contributed by atoms with Crippen LogP contribution in [-0.4, -0.2) is 50.6 Å². The molecule has 0 unspecified atom stereocenters. The summed E-state index contributed by atoms with van der Waals surface area (Å²) in [6.07, 6.45) is -3.59. The minimum absolute atomic E-state index is 0.158. The van der Waals surface area contributed by atoms with Gasteiger partial charge < -0.3 is 9.42 Å². The van der Waals surface area contributed by atoms with Crippen LogP contribution in [0.2, 0.25) is 0 Å². The van der Waals surface area contributed by atoms with Gasteiger partial charge in [-0.2, -0.15) is 22.5 Å². The second-order valence-electron chi connectivity index (χ2n) is 6.70. The maximum Gasteiger partial charge on any atom is 0.416 e. The zero-order chi connectivity index (χ0) is 20.4. The normalized spacial score (nSPS) is 15.8. The summed E-state index contributed by atoms with van der Waals surface area (Å²) in [7, 11) is 0. The van der Waals surface area contributed by atoms with E-state index in [2.05, 4.69) is 29.3 Å². The number of hydrogen-bond acceptors (Lipinski definition) is 8. The average molecular weight is 424 g/mol. The van der Waals surface area contributed by atoms with Gasteiger partial charge in [0.25, 0.3) is 0 Å². The zero-order valence-corrected chi connectivity index (χ0v) is 16.5. The molecule has 29 heavy (non-hydrogen) atoms. The lowest BCUT2D eigenvalue weighted by molar-refractivity contribution is -0.137. The highest BCUT2D eigenvalue weighted by molar-refractivity contribution is 7.09. The van der Waals surface area contributed by atoms with E-state index >= 15 is 0 Å². The van der Waals surface area contributed by atoms with Crippen molar-refractivity contribution in [3.8, 4) is 11.4 Å². The van der Waals surface area contributed by atoms with Gasteiger partial charge in [-0.15, -0.1) is 0 Å². The van der Waals surface area contributed by atoms with Gasteiger partial charge in [0, 0.05) is 49.7 Å². The molecule has 3 aromatic rings. The van der Waals surface area contributed by atoms with Crippen LogP contribution in [-0.2, 0) is 19.1 Å². The first kappa shape index (κ1) is 19.8. The maximum atomic E-state index is 12.9. The van der Waals surface area contributed by atoms with Gasteiger partial charge in [0.1, 0.15) is 5.82 Å². The van der Waals surface area contributed by atoms with E-state index in [9.17, 15) is 13.2 Å². The Morgan fingerprint density at radius 1 is 1.14 bits per heavy atom. The van der Waals surface area contributed by atoms with E-state index in [4.69, 9.17) is 4.52 Å². The van der Waals surface area contributed by atoms with Gasteiger partial charge in [-0.25, -0.2) is 4.98 Å². The number of hydrogen-bond donors (Lipinski definition) is 0. The summed E-state index contributed by atoms with van der Waals surface area (Å²) < 4.78 is 48.3. The number of aromatic nitrogens is 4. The highest BCUT2D eigenvalue weighted by Crippen LogP contribution is 2.31. The lowest BCUT2D eigenvalue weighted by atomic mass is 10.1. The fourth-order valence-electron chi connectivity index (χ4n) is 3.08. The Morgan fingerprint density at radius 3 is 2.62 bits per heavy atom. The van der Waals surface area contributed by atoms with E-state index in [-0.39, 0.29) is 11.4 Å². The molecule has 3 heterocycles. The van der Waals surface area contributed by atoms with Gasteiger partial charge in [-0.1, -0.05) is 24.2 Å². The van der Waals surface area contributed by atoms with E-state index in [1.165, 1.54) is 23.7 Å². The third-order valence-electron chi connectivity index (χ3n) is 4.69. The summed E-state index contributed by atoms with van der Waals surface area (Å²) in [4.78, 5) is 13.2. The zero-order valence-electron chi connectivity index (χ0n) is 15.7. The molecule has 1 fully saturated rings. The molecule has 0 amide bonds. The molecule has 0 radical (unpaired) electrons. The third-order valence-corrected chi connectivity index (χ3v) is 5.51. The van der Waals surface area contributed by atoms with Gasteiger partial charge in [-0.3, -0.25) is 4.90 Å². The first-order valence-corrected chi connectivity index (χ1v) is 10.00. The molecule has 0 aliphatic carbocycles.